The standard InChI is InChI=1S/C8H11N2O6/c11-2-1-5-3-6(9(13)14)8(12)7(4-5)10(15)16/h3-4,11-15H,1-2H2/q-1/p-1. The molecule has 0 aliphatic carbocycles. The summed E-state index contributed by atoms with van der Waals surface area (Å²) in [7, 11) is 0. The summed E-state index contributed by atoms with van der Waals surface area (Å²) < 4.78 is 0. The lowest BCUT2D eigenvalue weighted by Crippen LogP contribution is -2.18. The smallest absolute Gasteiger partial charge is 0.0888 e. The van der Waals surface area contributed by atoms with Gasteiger partial charge in [0.1, 0.15) is 0 Å². The molecule has 1 rings (SSSR count). The van der Waals surface area contributed by atoms with Crippen molar-refractivity contribution in [2.45, 2.75) is 6.42 Å². The van der Waals surface area contributed by atoms with E-state index in [1.807, 2.05) is 0 Å². The van der Waals surface area contributed by atoms with Crippen molar-refractivity contribution in [3.8, 4) is 5.75 Å². The zero-order valence-electron chi connectivity index (χ0n) is 8.07. The average Bonchev–Trinajstić information content (AvgIpc) is 2.19. The predicted molar refractivity (Wildman–Crippen MR) is 50.4 cm³/mol. The molecule has 8 nitrogen and oxygen atoms in total. The van der Waals surface area contributed by atoms with Crippen LogP contribution in [0.5, 0.6) is 5.75 Å². The van der Waals surface area contributed by atoms with E-state index < -0.39 is 27.6 Å². The number of hydrogen-bond acceptors (Lipinski definition) is 8. The third-order valence-electron chi connectivity index (χ3n) is 1.93. The van der Waals surface area contributed by atoms with Crippen LogP contribution >= 0.6 is 0 Å². The van der Waals surface area contributed by atoms with Gasteiger partial charge in [-0.2, -0.15) is 0 Å². The Labute approximate surface area is 90.3 Å². The van der Waals surface area contributed by atoms with Crippen LogP contribution < -0.4 is 15.6 Å². The second-order valence-corrected chi connectivity index (χ2v) is 3.00. The third kappa shape index (κ3) is 2.51. The maximum absolute atomic E-state index is 11.4. The Morgan fingerprint density at radius 3 is 2.12 bits per heavy atom. The molecule has 4 N–H and O–H groups in total. The predicted octanol–water partition coefficient (Wildman–Crippen LogP) is -0.427. The number of aliphatic hydroxyl groups is 1. The minimum absolute atomic E-state index is 0.0992. The Hall–Kier alpha value is -1.58. The number of nitrogens with zero attached hydrogens (tertiary/aromatic N) is 2. The molecule has 0 saturated carbocycles. The summed E-state index contributed by atoms with van der Waals surface area (Å²) in [6, 6.07) is 2.14. The summed E-state index contributed by atoms with van der Waals surface area (Å²) in [6.45, 7) is -0.252. The van der Waals surface area contributed by atoms with Crippen LogP contribution in [0.2, 0.25) is 0 Å². The number of benzene rings is 1. The molecule has 0 amide bonds. The third-order valence-corrected chi connectivity index (χ3v) is 1.93. The SMILES string of the molecule is [O-]c1c(N([O-])O)cc(CCO)cc1N(O)O. The van der Waals surface area contributed by atoms with Crippen molar-refractivity contribution in [1.82, 2.24) is 0 Å². The molecule has 0 saturated heterocycles. The summed E-state index contributed by atoms with van der Waals surface area (Å²) in [5, 5.41) is 55.7. The first-order valence-corrected chi connectivity index (χ1v) is 4.26. The molecule has 0 aromatic heterocycles. The van der Waals surface area contributed by atoms with Gasteiger partial charge in [-0.3, -0.25) is 15.6 Å². The fourth-order valence-corrected chi connectivity index (χ4v) is 1.22. The second kappa shape index (κ2) is 4.96. The van der Waals surface area contributed by atoms with Gasteiger partial charge in [0.05, 0.1) is 5.69 Å². The molecular weight excluding hydrogens is 220 g/mol. The molecule has 0 aliphatic heterocycles. The molecule has 0 aliphatic rings. The zero-order valence-corrected chi connectivity index (χ0v) is 8.07. The van der Waals surface area contributed by atoms with Crippen molar-refractivity contribution in [2.24, 2.45) is 0 Å². The summed E-state index contributed by atoms with van der Waals surface area (Å²) >= 11 is 0. The van der Waals surface area contributed by atoms with E-state index in [0.29, 0.717) is 5.56 Å². The van der Waals surface area contributed by atoms with E-state index in [4.69, 9.17) is 20.7 Å². The van der Waals surface area contributed by atoms with Crippen molar-refractivity contribution in [2.75, 3.05) is 17.1 Å². The fraction of sp³-hybridized carbons (Fsp3) is 0.250. The molecule has 0 radical (unpaired) electrons. The van der Waals surface area contributed by atoms with E-state index in [1.165, 1.54) is 0 Å². The van der Waals surface area contributed by atoms with Crippen molar-refractivity contribution >= 4 is 11.4 Å². The van der Waals surface area contributed by atoms with Crippen molar-refractivity contribution < 1.29 is 25.8 Å². The van der Waals surface area contributed by atoms with Gasteiger partial charge < -0.3 is 20.6 Å². The molecule has 16 heavy (non-hydrogen) atoms. The molecule has 0 fully saturated rings. The van der Waals surface area contributed by atoms with Gasteiger partial charge in [-0.15, -0.1) is 5.23 Å². The van der Waals surface area contributed by atoms with Gasteiger partial charge in [-0.25, -0.2) is 0 Å². The molecule has 8 heteroatoms. The Morgan fingerprint density at radius 2 is 1.69 bits per heavy atom. The maximum Gasteiger partial charge on any atom is 0.0888 e. The maximum atomic E-state index is 11.4. The first-order valence-electron chi connectivity index (χ1n) is 4.26. The van der Waals surface area contributed by atoms with Gasteiger partial charge in [-0.05, 0) is 24.1 Å². The van der Waals surface area contributed by atoms with Gasteiger partial charge in [0, 0.05) is 12.3 Å². The summed E-state index contributed by atoms with van der Waals surface area (Å²) in [5.74, 6) is -1.04. The van der Waals surface area contributed by atoms with Crippen LogP contribution in [0.1, 0.15) is 5.56 Å². The lowest BCUT2D eigenvalue weighted by Gasteiger charge is -2.30. The van der Waals surface area contributed by atoms with Gasteiger partial charge >= 0.3 is 0 Å². The minimum atomic E-state index is -1.04. The van der Waals surface area contributed by atoms with Gasteiger partial charge in [0.25, 0.3) is 0 Å². The lowest BCUT2D eigenvalue weighted by atomic mass is 10.1. The molecule has 1 aromatic rings. The topological polar surface area (TPSA) is 134 Å². The highest BCUT2D eigenvalue weighted by molar-refractivity contribution is 5.71. The Kier molecular flexibility index (Phi) is 3.88. The van der Waals surface area contributed by atoms with Gasteiger partial charge in [0.2, 0.25) is 0 Å². The molecule has 0 spiro atoms. The molecule has 1 aromatic carbocycles. The van der Waals surface area contributed by atoms with Crippen LogP contribution in [0, 0.1) is 5.21 Å². The monoisotopic (exact) mass is 230 g/mol. The van der Waals surface area contributed by atoms with Gasteiger partial charge in [-0.1, -0.05) is 5.75 Å². The highest BCUT2D eigenvalue weighted by Gasteiger charge is 2.08. The van der Waals surface area contributed by atoms with Gasteiger partial charge in [0.15, 0.2) is 0 Å². The highest BCUT2D eigenvalue weighted by atomic mass is 16.8. The summed E-state index contributed by atoms with van der Waals surface area (Å²) in [4.78, 5) is 0. The number of anilines is 2. The van der Waals surface area contributed by atoms with Crippen LogP contribution in [0.4, 0.5) is 11.4 Å². The molecule has 0 unspecified atom stereocenters. The minimum Gasteiger partial charge on any atom is -0.870 e. The zero-order chi connectivity index (χ0) is 12.3. The largest absolute Gasteiger partial charge is 0.870 e. The Bertz CT molecular complexity index is 339. The highest BCUT2D eigenvalue weighted by Crippen LogP contribution is 2.34. The summed E-state index contributed by atoms with van der Waals surface area (Å²) in [6.07, 6.45) is 0.0992. The summed E-state index contributed by atoms with van der Waals surface area (Å²) in [5.41, 5.74) is -0.944. The normalized spacial score (nSPS) is 10.3. The van der Waals surface area contributed by atoms with E-state index in [2.05, 4.69) is 0 Å². The van der Waals surface area contributed by atoms with Crippen molar-refractivity contribution in [3.05, 3.63) is 22.9 Å². The quantitative estimate of drug-likeness (QED) is 0.512. The van der Waals surface area contributed by atoms with Crippen LogP contribution in [0.15, 0.2) is 12.1 Å². The first-order chi connectivity index (χ1) is 7.47. The van der Waals surface area contributed by atoms with Crippen LogP contribution in [-0.4, -0.2) is 27.3 Å². The molecule has 0 heterocycles. The van der Waals surface area contributed by atoms with E-state index in [0.717, 1.165) is 12.1 Å². The van der Waals surface area contributed by atoms with Crippen molar-refractivity contribution in [3.63, 3.8) is 0 Å². The number of aliphatic hydroxyl groups excluding tert-OH is 1. The molecule has 0 atom stereocenters. The lowest BCUT2D eigenvalue weighted by molar-refractivity contribution is -0.267. The molecule has 0 bridgehead atoms. The van der Waals surface area contributed by atoms with Crippen LogP contribution in [0.25, 0.3) is 0 Å². The second-order valence-electron chi connectivity index (χ2n) is 3.00. The molecular formula is C8H10N2O6-2. The van der Waals surface area contributed by atoms with E-state index in [1.54, 1.807) is 0 Å². The van der Waals surface area contributed by atoms with Crippen LogP contribution in [0.3, 0.4) is 0 Å². The van der Waals surface area contributed by atoms with Crippen LogP contribution in [-0.2, 0) is 6.42 Å². The van der Waals surface area contributed by atoms with Crippen molar-refractivity contribution in [1.29, 1.82) is 0 Å². The number of hydrogen-bond donors (Lipinski definition) is 4. The van der Waals surface area contributed by atoms with E-state index in [9.17, 15) is 10.3 Å². The Balaban J connectivity index is 3.27. The number of rotatable bonds is 4. The fourth-order valence-electron chi connectivity index (χ4n) is 1.22. The first kappa shape index (κ1) is 12.5. The van der Waals surface area contributed by atoms with E-state index >= 15 is 0 Å². The molecule has 90 valence electrons. The van der Waals surface area contributed by atoms with E-state index in [-0.39, 0.29) is 13.0 Å². The average molecular weight is 230 g/mol. The Morgan fingerprint density at radius 1 is 1.12 bits per heavy atom.